The first-order valence-electron chi connectivity index (χ1n) is 8.86. The smallest absolute Gasteiger partial charge is 0.341 e. The van der Waals surface area contributed by atoms with Crippen molar-refractivity contribution in [1.82, 2.24) is 3.97 Å². The van der Waals surface area contributed by atoms with Gasteiger partial charge in [0.05, 0.1) is 17.0 Å². The molecule has 1 N–H and O–H groups in total. The highest BCUT2D eigenvalue weighted by Gasteiger charge is 2.33. The molecule has 1 aliphatic heterocycles. The molecule has 0 saturated carbocycles. The molecule has 3 aromatic rings. The Labute approximate surface area is 182 Å². The lowest BCUT2D eigenvalue weighted by molar-refractivity contribution is -0.188. The van der Waals surface area contributed by atoms with Gasteiger partial charge in [0.15, 0.2) is 11.5 Å². The normalized spacial score (nSPS) is 16.4. The van der Waals surface area contributed by atoms with Gasteiger partial charge < -0.3 is 23.7 Å². The second kappa shape index (κ2) is 7.71. The van der Waals surface area contributed by atoms with Crippen LogP contribution in [0.15, 0.2) is 63.9 Å². The van der Waals surface area contributed by atoms with Crippen LogP contribution in [-0.2, 0) is 24.3 Å². The third-order valence-corrected chi connectivity index (χ3v) is 6.46. The van der Waals surface area contributed by atoms with Crippen molar-refractivity contribution in [3.63, 3.8) is 0 Å². The first kappa shape index (κ1) is 20.9. The van der Waals surface area contributed by atoms with Crippen molar-refractivity contribution < 1.29 is 36.9 Å². The van der Waals surface area contributed by atoms with Crippen LogP contribution in [0.3, 0.4) is 0 Å². The molecule has 1 aliphatic rings. The molecule has 0 bridgehead atoms. The molecule has 2 aromatic heterocycles. The zero-order chi connectivity index (χ0) is 22.3. The second-order valence-corrected chi connectivity index (χ2v) is 8.76. The molecular weight excluding hydrogens is 450 g/mol. The number of aliphatic hydroxyl groups excluding tert-OH is 1. The van der Waals surface area contributed by atoms with Gasteiger partial charge in [-0.1, -0.05) is 29.3 Å². The van der Waals surface area contributed by atoms with Gasteiger partial charge in [-0.15, -0.1) is 0 Å². The quantitative estimate of drug-likeness (QED) is 0.563. The van der Waals surface area contributed by atoms with Gasteiger partial charge in [-0.25, -0.2) is 17.2 Å². The molecule has 31 heavy (non-hydrogen) atoms. The highest BCUT2D eigenvalue weighted by Crippen LogP contribution is 2.41. The number of hydrogen-bond donors (Lipinski definition) is 1. The van der Waals surface area contributed by atoms with Crippen molar-refractivity contribution in [3.05, 3.63) is 71.0 Å². The maximum atomic E-state index is 13.2. The van der Waals surface area contributed by atoms with Crippen LogP contribution in [0.5, 0.6) is 5.75 Å². The van der Waals surface area contributed by atoms with Crippen LogP contribution >= 0.6 is 11.6 Å². The minimum atomic E-state index is -4.00. The summed E-state index contributed by atoms with van der Waals surface area (Å²) in [6, 6.07) is 9.12. The number of furan rings is 1. The van der Waals surface area contributed by atoms with Crippen molar-refractivity contribution in [3.8, 4) is 17.2 Å². The minimum absolute atomic E-state index is 0.0197. The summed E-state index contributed by atoms with van der Waals surface area (Å²) in [5, 5.41) is 9.66. The summed E-state index contributed by atoms with van der Waals surface area (Å²) >= 11 is 6.28. The van der Waals surface area contributed by atoms with Crippen LogP contribution < -0.4 is 4.74 Å². The van der Waals surface area contributed by atoms with E-state index in [2.05, 4.69) is 0 Å². The molecule has 0 saturated heterocycles. The van der Waals surface area contributed by atoms with Gasteiger partial charge in [0.1, 0.15) is 11.8 Å². The van der Waals surface area contributed by atoms with E-state index in [9.17, 15) is 18.3 Å². The maximum Gasteiger partial charge on any atom is 0.341 e. The lowest BCUT2D eigenvalue weighted by Crippen LogP contribution is -2.18. The second-order valence-electron chi connectivity index (χ2n) is 6.54. The topological polar surface area (TPSA) is 117 Å². The Morgan fingerprint density at radius 1 is 1.16 bits per heavy atom. The average molecular weight is 466 g/mol. The zero-order valence-corrected chi connectivity index (χ0v) is 17.8. The van der Waals surface area contributed by atoms with E-state index in [1.165, 1.54) is 37.6 Å². The molecule has 0 aliphatic carbocycles. The van der Waals surface area contributed by atoms with Gasteiger partial charge >= 0.3 is 12.3 Å². The summed E-state index contributed by atoms with van der Waals surface area (Å²) in [5.74, 6) is -1.49. The fraction of sp³-hybridized carbons (Fsp3) is 0.150. The molecule has 3 heterocycles. The van der Waals surface area contributed by atoms with Crippen LogP contribution in [0, 0.1) is 6.92 Å². The van der Waals surface area contributed by atoms with Gasteiger partial charge in [0.25, 0.3) is 16.0 Å². The number of aromatic nitrogens is 1. The number of carbonyl (C=O) groups is 1. The van der Waals surface area contributed by atoms with Gasteiger partial charge in [-0.05, 0) is 25.1 Å². The molecule has 9 nitrogen and oxygen atoms in total. The summed E-state index contributed by atoms with van der Waals surface area (Å²) in [4.78, 5) is 11.6. The number of rotatable bonds is 5. The average Bonchev–Trinajstić information content (AvgIpc) is 3.31. The van der Waals surface area contributed by atoms with Gasteiger partial charge in [-0.3, -0.25) is 0 Å². The molecule has 1 atom stereocenters. The number of benzene rings is 1. The van der Waals surface area contributed by atoms with Crippen molar-refractivity contribution >= 4 is 27.6 Å². The van der Waals surface area contributed by atoms with E-state index in [-0.39, 0.29) is 32.9 Å². The number of methoxy groups -OCH3 is 1. The van der Waals surface area contributed by atoms with Crippen molar-refractivity contribution in [2.45, 2.75) is 18.1 Å². The molecule has 162 valence electrons. The molecule has 4 rings (SSSR count). The summed E-state index contributed by atoms with van der Waals surface area (Å²) in [6.07, 6.45) is 0.619. The number of nitrogens with zero attached hydrogens (tertiary/aromatic N) is 1. The summed E-state index contributed by atoms with van der Waals surface area (Å²) in [7, 11) is -2.67. The number of ether oxygens (including phenoxy) is 3. The minimum Gasteiger partial charge on any atom is -0.493 e. The van der Waals surface area contributed by atoms with Gasteiger partial charge in [-0.2, -0.15) is 0 Å². The molecule has 1 unspecified atom stereocenters. The highest BCUT2D eigenvalue weighted by atomic mass is 35.5. The molecular formula is C20H16ClNO8S. The molecule has 1 aromatic carbocycles. The SMILES string of the molecule is COc1cc(-c2c(Cl)ccn2S(=O)(=O)c2ccc(C)cc2)oc1C1OC(=O)C=C(O)O1. The third kappa shape index (κ3) is 3.75. The summed E-state index contributed by atoms with van der Waals surface area (Å²) in [5.41, 5.74) is 0.943. The van der Waals surface area contributed by atoms with Crippen LogP contribution in [0.2, 0.25) is 5.02 Å². The highest BCUT2D eigenvalue weighted by molar-refractivity contribution is 7.90. The standard InChI is InChI=1S/C20H16ClNO8S/c1-11-3-5-12(6-4-11)31(25,26)22-8-7-13(21)18(22)14-9-15(27-2)19(28-14)20-29-16(23)10-17(24)30-20/h3-10,20,23H,1-2H3. The van der Waals surface area contributed by atoms with Crippen molar-refractivity contribution in [2.24, 2.45) is 0 Å². The molecule has 0 fully saturated rings. The first-order valence-corrected chi connectivity index (χ1v) is 10.7. The van der Waals surface area contributed by atoms with Crippen LogP contribution in [-0.4, -0.2) is 30.6 Å². The van der Waals surface area contributed by atoms with E-state index in [0.29, 0.717) is 0 Å². The van der Waals surface area contributed by atoms with Gasteiger partial charge in [0.2, 0.25) is 5.76 Å². The molecule has 0 amide bonds. The number of hydrogen-bond acceptors (Lipinski definition) is 8. The number of carbonyl (C=O) groups excluding carboxylic acids is 1. The predicted octanol–water partition coefficient (Wildman–Crippen LogP) is 3.93. The number of aliphatic hydroxyl groups is 1. The largest absolute Gasteiger partial charge is 0.493 e. The number of aryl methyl sites for hydroxylation is 1. The molecule has 0 spiro atoms. The van der Waals surface area contributed by atoms with E-state index in [4.69, 9.17) is 30.2 Å². The first-order chi connectivity index (χ1) is 14.7. The summed E-state index contributed by atoms with van der Waals surface area (Å²) < 4.78 is 48.4. The molecule has 0 radical (unpaired) electrons. The Hall–Kier alpha value is -3.37. The fourth-order valence-electron chi connectivity index (χ4n) is 2.99. The van der Waals surface area contributed by atoms with E-state index >= 15 is 0 Å². The van der Waals surface area contributed by atoms with Crippen LogP contribution in [0.1, 0.15) is 17.6 Å². The van der Waals surface area contributed by atoms with E-state index < -0.39 is 28.2 Å². The Morgan fingerprint density at radius 2 is 1.87 bits per heavy atom. The monoisotopic (exact) mass is 465 g/mol. The van der Waals surface area contributed by atoms with Crippen molar-refractivity contribution in [1.29, 1.82) is 0 Å². The maximum absolute atomic E-state index is 13.2. The number of esters is 1. The van der Waals surface area contributed by atoms with Crippen LogP contribution in [0.4, 0.5) is 0 Å². The van der Waals surface area contributed by atoms with Crippen LogP contribution in [0.25, 0.3) is 11.5 Å². The zero-order valence-electron chi connectivity index (χ0n) is 16.2. The number of halogens is 1. The predicted molar refractivity (Wildman–Crippen MR) is 108 cm³/mol. The molecule has 11 heteroatoms. The Bertz CT molecular complexity index is 1290. The Balaban J connectivity index is 1.81. The number of cyclic esters (lactones) is 1. The third-order valence-electron chi connectivity index (χ3n) is 4.47. The van der Waals surface area contributed by atoms with E-state index in [1.807, 2.05) is 6.92 Å². The van der Waals surface area contributed by atoms with E-state index in [1.54, 1.807) is 12.1 Å². The Morgan fingerprint density at radius 3 is 2.52 bits per heavy atom. The Kier molecular flexibility index (Phi) is 5.19. The van der Waals surface area contributed by atoms with Crippen molar-refractivity contribution in [2.75, 3.05) is 7.11 Å². The fourth-order valence-corrected chi connectivity index (χ4v) is 4.63. The lowest BCUT2D eigenvalue weighted by atomic mass is 10.2. The van der Waals surface area contributed by atoms with E-state index in [0.717, 1.165) is 15.6 Å². The lowest BCUT2D eigenvalue weighted by Gasteiger charge is -2.20. The van der Waals surface area contributed by atoms with Gasteiger partial charge in [0, 0.05) is 12.3 Å². The summed E-state index contributed by atoms with van der Waals surface area (Å²) in [6.45, 7) is 1.85.